The highest BCUT2D eigenvalue weighted by Gasteiger charge is 2.18. The highest BCUT2D eigenvalue weighted by molar-refractivity contribution is 5.64. The van der Waals surface area contributed by atoms with Gasteiger partial charge in [0, 0.05) is 30.5 Å². The predicted molar refractivity (Wildman–Crippen MR) is 97.5 cm³/mol. The summed E-state index contributed by atoms with van der Waals surface area (Å²) in [5, 5.41) is 0. The van der Waals surface area contributed by atoms with Crippen molar-refractivity contribution < 1.29 is 0 Å². The molecule has 3 rings (SSSR count). The number of pyridine rings is 1. The van der Waals surface area contributed by atoms with E-state index in [2.05, 4.69) is 55.0 Å². The molecule has 1 saturated carbocycles. The van der Waals surface area contributed by atoms with E-state index in [1.807, 2.05) is 12.4 Å². The molecule has 0 radical (unpaired) electrons. The van der Waals surface area contributed by atoms with Gasteiger partial charge in [-0.25, -0.2) is 0 Å². The monoisotopic (exact) mass is 308 g/mol. The van der Waals surface area contributed by atoms with Crippen LogP contribution >= 0.6 is 0 Å². The van der Waals surface area contributed by atoms with Crippen molar-refractivity contribution in [2.75, 3.05) is 7.05 Å². The van der Waals surface area contributed by atoms with Crippen LogP contribution in [0.5, 0.6) is 0 Å². The van der Waals surface area contributed by atoms with E-state index in [1.54, 1.807) is 0 Å². The molecule has 0 unspecified atom stereocenters. The second-order valence-electron chi connectivity index (χ2n) is 7.17. The van der Waals surface area contributed by atoms with E-state index in [4.69, 9.17) is 0 Å². The number of aromatic nitrogens is 1. The fourth-order valence-electron chi connectivity index (χ4n) is 3.81. The summed E-state index contributed by atoms with van der Waals surface area (Å²) in [5.74, 6) is 0. The molecule has 122 valence electrons. The maximum absolute atomic E-state index is 4.49. The number of hydrogen-bond acceptors (Lipinski definition) is 2. The van der Waals surface area contributed by atoms with E-state index >= 15 is 0 Å². The Morgan fingerprint density at radius 1 is 0.913 bits per heavy atom. The largest absolute Gasteiger partial charge is 0.299 e. The molecule has 0 aliphatic heterocycles. The Morgan fingerprint density at radius 3 is 2.30 bits per heavy atom. The van der Waals surface area contributed by atoms with Crippen molar-refractivity contribution in [3.8, 4) is 11.1 Å². The first kappa shape index (κ1) is 16.2. The van der Waals surface area contributed by atoms with Crippen LogP contribution < -0.4 is 0 Å². The summed E-state index contributed by atoms with van der Waals surface area (Å²) in [6.45, 7) is 5.31. The van der Waals surface area contributed by atoms with Crippen molar-refractivity contribution in [2.24, 2.45) is 0 Å². The topological polar surface area (TPSA) is 16.1 Å². The first-order valence-corrected chi connectivity index (χ1v) is 8.84. The fourth-order valence-corrected chi connectivity index (χ4v) is 3.81. The molecule has 1 aromatic heterocycles. The van der Waals surface area contributed by atoms with Gasteiger partial charge in [0.25, 0.3) is 0 Å². The fraction of sp³-hybridized carbons (Fsp3) is 0.476. The smallest absolute Gasteiger partial charge is 0.0346 e. The van der Waals surface area contributed by atoms with Gasteiger partial charge >= 0.3 is 0 Å². The Hall–Kier alpha value is -1.67. The molecular weight excluding hydrogens is 280 g/mol. The third kappa shape index (κ3) is 4.20. The van der Waals surface area contributed by atoms with Gasteiger partial charge in [0.15, 0.2) is 0 Å². The van der Waals surface area contributed by atoms with Crippen molar-refractivity contribution in [1.29, 1.82) is 0 Å². The van der Waals surface area contributed by atoms with E-state index in [0.29, 0.717) is 0 Å². The first-order chi connectivity index (χ1) is 11.1. The lowest BCUT2D eigenvalue weighted by Crippen LogP contribution is -2.32. The standard InChI is InChI=1S/C21H28N2/c1-16-9-17(2)11-19(10-16)20-12-18(13-22-14-20)15-23(3)21-7-5-4-6-8-21/h9-14,21H,4-8,15H2,1-3H3. The lowest BCUT2D eigenvalue weighted by atomic mass is 9.94. The van der Waals surface area contributed by atoms with E-state index in [-0.39, 0.29) is 0 Å². The van der Waals surface area contributed by atoms with Gasteiger partial charge in [-0.15, -0.1) is 0 Å². The SMILES string of the molecule is Cc1cc(C)cc(-c2cncc(CN(C)C3CCCCC3)c2)c1. The van der Waals surface area contributed by atoms with Gasteiger partial charge in [-0.2, -0.15) is 0 Å². The Morgan fingerprint density at radius 2 is 1.61 bits per heavy atom. The Labute approximate surface area is 140 Å². The summed E-state index contributed by atoms with van der Waals surface area (Å²) in [5.41, 5.74) is 6.44. The summed E-state index contributed by atoms with van der Waals surface area (Å²) in [6, 6.07) is 9.77. The Balaban J connectivity index is 1.76. The predicted octanol–water partition coefficient (Wildman–Crippen LogP) is 5.13. The molecule has 0 amide bonds. The van der Waals surface area contributed by atoms with Gasteiger partial charge in [0.1, 0.15) is 0 Å². The molecule has 0 spiro atoms. The lowest BCUT2D eigenvalue weighted by Gasteiger charge is -2.31. The van der Waals surface area contributed by atoms with Gasteiger partial charge in [-0.05, 0) is 50.9 Å². The second kappa shape index (κ2) is 7.27. The number of nitrogens with zero attached hydrogens (tertiary/aromatic N) is 2. The molecule has 23 heavy (non-hydrogen) atoms. The number of aryl methyl sites for hydroxylation is 2. The maximum Gasteiger partial charge on any atom is 0.0346 e. The van der Waals surface area contributed by atoms with Crippen molar-refractivity contribution in [2.45, 2.75) is 58.5 Å². The van der Waals surface area contributed by atoms with E-state index < -0.39 is 0 Å². The van der Waals surface area contributed by atoms with E-state index in [0.717, 1.165) is 12.6 Å². The Kier molecular flexibility index (Phi) is 5.12. The maximum atomic E-state index is 4.49. The second-order valence-corrected chi connectivity index (χ2v) is 7.17. The summed E-state index contributed by atoms with van der Waals surface area (Å²) in [4.78, 5) is 7.01. The number of benzene rings is 1. The number of rotatable bonds is 4. The molecule has 0 bridgehead atoms. The summed E-state index contributed by atoms with van der Waals surface area (Å²) < 4.78 is 0. The van der Waals surface area contributed by atoms with Gasteiger partial charge in [0.2, 0.25) is 0 Å². The summed E-state index contributed by atoms with van der Waals surface area (Å²) in [7, 11) is 2.26. The molecule has 1 aliphatic carbocycles. The average molecular weight is 308 g/mol. The Bertz CT molecular complexity index is 636. The molecule has 2 nitrogen and oxygen atoms in total. The molecule has 1 heterocycles. The summed E-state index contributed by atoms with van der Waals surface area (Å²) >= 11 is 0. The van der Waals surface area contributed by atoms with E-state index in [9.17, 15) is 0 Å². The molecule has 2 aromatic rings. The van der Waals surface area contributed by atoms with Crippen LogP contribution in [0, 0.1) is 13.8 Å². The van der Waals surface area contributed by atoms with Gasteiger partial charge in [0.05, 0.1) is 0 Å². The van der Waals surface area contributed by atoms with Crippen LogP contribution in [0.3, 0.4) is 0 Å². The minimum atomic E-state index is 0.744. The quantitative estimate of drug-likeness (QED) is 0.778. The molecule has 1 fully saturated rings. The van der Waals surface area contributed by atoms with Crippen LogP contribution in [0.15, 0.2) is 36.7 Å². The molecular formula is C21H28N2. The third-order valence-corrected chi connectivity index (χ3v) is 4.98. The first-order valence-electron chi connectivity index (χ1n) is 8.84. The number of hydrogen-bond donors (Lipinski definition) is 0. The highest BCUT2D eigenvalue weighted by Crippen LogP contribution is 2.25. The third-order valence-electron chi connectivity index (χ3n) is 4.98. The zero-order valence-corrected chi connectivity index (χ0v) is 14.7. The minimum Gasteiger partial charge on any atom is -0.299 e. The van der Waals surface area contributed by atoms with Crippen molar-refractivity contribution in [1.82, 2.24) is 9.88 Å². The van der Waals surface area contributed by atoms with Gasteiger partial charge < -0.3 is 0 Å². The molecule has 0 N–H and O–H groups in total. The zero-order valence-electron chi connectivity index (χ0n) is 14.7. The molecule has 1 aliphatic rings. The van der Waals surface area contributed by atoms with Crippen molar-refractivity contribution >= 4 is 0 Å². The molecule has 0 saturated heterocycles. The van der Waals surface area contributed by atoms with Crippen LogP contribution in [-0.4, -0.2) is 23.0 Å². The van der Waals surface area contributed by atoms with Gasteiger partial charge in [-0.1, -0.05) is 48.6 Å². The molecule has 1 aromatic carbocycles. The van der Waals surface area contributed by atoms with Crippen LogP contribution in [0.4, 0.5) is 0 Å². The normalized spacial score (nSPS) is 16.0. The average Bonchev–Trinajstić information content (AvgIpc) is 2.55. The van der Waals surface area contributed by atoms with Crippen LogP contribution in [0.25, 0.3) is 11.1 Å². The molecule has 0 atom stereocenters. The van der Waals surface area contributed by atoms with Crippen LogP contribution in [-0.2, 0) is 6.54 Å². The summed E-state index contributed by atoms with van der Waals surface area (Å²) in [6.07, 6.45) is 10.9. The highest BCUT2D eigenvalue weighted by atomic mass is 15.1. The van der Waals surface area contributed by atoms with Crippen LogP contribution in [0.1, 0.15) is 48.8 Å². The minimum absolute atomic E-state index is 0.744. The zero-order chi connectivity index (χ0) is 16.2. The van der Waals surface area contributed by atoms with Crippen molar-refractivity contribution in [3.63, 3.8) is 0 Å². The molecule has 2 heteroatoms. The van der Waals surface area contributed by atoms with E-state index in [1.165, 1.54) is 59.9 Å². The van der Waals surface area contributed by atoms with Crippen molar-refractivity contribution in [3.05, 3.63) is 53.3 Å². The van der Waals surface area contributed by atoms with Crippen LogP contribution in [0.2, 0.25) is 0 Å². The van der Waals surface area contributed by atoms with Gasteiger partial charge in [-0.3, -0.25) is 9.88 Å². The lowest BCUT2D eigenvalue weighted by molar-refractivity contribution is 0.184.